The SMILES string of the molecule is CNC(=O)[C@H](Cc1ccccc1)N(Cc1ccccc1F)C(=O)CN(c1cccc(C(C)=O)c1)S(C)(=O)=O. The Balaban J connectivity index is 2.05. The molecule has 0 aliphatic rings. The molecule has 1 N–H and O–H groups in total. The van der Waals surface area contributed by atoms with Gasteiger partial charge in [-0.15, -0.1) is 0 Å². The largest absolute Gasteiger partial charge is 0.357 e. The molecule has 38 heavy (non-hydrogen) atoms. The lowest BCUT2D eigenvalue weighted by molar-refractivity contribution is -0.139. The maximum Gasteiger partial charge on any atom is 0.244 e. The molecule has 3 rings (SSSR count). The van der Waals surface area contributed by atoms with E-state index in [-0.39, 0.29) is 35.6 Å². The maximum absolute atomic E-state index is 14.6. The van der Waals surface area contributed by atoms with Gasteiger partial charge in [-0.05, 0) is 30.7 Å². The van der Waals surface area contributed by atoms with Crippen molar-refractivity contribution in [1.29, 1.82) is 0 Å². The lowest BCUT2D eigenvalue weighted by Crippen LogP contribution is -2.53. The van der Waals surface area contributed by atoms with Crippen LogP contribution in [0, 0.1) is 5.82 Å². The number of hydrogen-bond acceptors (Lipinski definition) is 5. The molecule has 0 saturated carbocycles. The molecule has 0 spiro atoms. The zero-order valence-corrected chi connectivity index (χ0v) is 22.2. The molecule has 3 aromatic rings. The number of nitrogens with zero attached hydrogens (tertiary/aromatic N) is 2. The molecule has 1 atom stereocenters. The van der Waals surface area contributed by atoms with Crippen LogP contribution >= 0.6 is 0 Å². The molecule has 0 heterocycles. The lowest BCUT2D eigenvalue weighted by atomic mass is 10.0. The van der Waals surface area contributed by atoms with Crippen molar-refractivity contribution in [1.82, 2.24) is 10.2 Å². The highest BCUT2D eigenvalue weighted by atomic mass is 32.2. The van der Waals surface area contributed by atoms with E-state index in [1.54, 1.807) is 36.4 Å². The van der Waals surface area contributed by atoms with Gasteiger partial charge < -0.3 is 10.2 Å². The summed E-state index contributed by atoms with van der Waals surface area (Å²) in [4.78, 5) is 39.9. The van der Waals surface area contributed by atoms with E-state index >= 15 is 0 Å². The van der Waals surface area contributed by atoms with E-state index in [9.17, 15) is 27.2 Å². The zero-order chi connectivity index (χ0) is 27.9. The van der Waals surface area contributed by atoms with Crippen LogP contribution < -0.4 is 9.62 Å². The first-order valence-corrected chi connectivity index (χ1v) is 13.7. The fourth-order valence-electron chi connectivity index (χ4n) is 4.02. The van der Waals surface area contributed by atoms with Crippen molar-refractivity contribution < 1.29 is 27.2 Å². The molecule has 0 saturated heterocycles. The van der Waals surface area contributed by atoms with Crippen LogP contribution in [0.15, 0.2) is 78.9 Å². The average molecular weight is 540 g/mol. The number of benzene rings is 3. The van der Waals surface area contributed by atoms with Crippen molar-refractivity contribution in [3.63, 3.8) is 0 Å². The van der Waals surface area contributed by atoms with Gasteiger partial charge in [-0.2, -0.15) is 0 Å². The quantitative estimate of drug-likeness (QED) is 0.377. The van der Waals surface area contributed by atoms with Crippen molar-refractivity contribution in [2.24, 2.45) is 0 Å². The van der Waals surface area contributed by atoms with E-state index in [1.165, 1.54) is 55.3 Å². The Morgan fingerprint density at radius 1 is 0.947 bits per heavy atom. The highest BCUT2D eigenvalue weighted by Gasteiger charge is 2.33. The minimum atomic E-state index is -3.98. The molecule has 0 radical (unpaired) electrons. The van der Waals surface area contributed by atoms with E-state index < -0.39 is 40.2 Å². The van der Waals surface area contributed by atoms with E-state index in [0.29, 0.717) is 0 Å². The molecular formula is C28H30FN3O5S. The minimum Gasteiger partial charge on any atom is -0.357 e. The summed E-state index contributed by atoms with van der Waals surface area (Å²) in [5.74, 6) is -2.02. The monoisotopic (exact) mass is 539 g/mol. The topological polar surface area (TPSA) is 104 Å². The fraction of sp³-hybridized carbons (Fsp3) is 0.250. The summed E-state index contributed by atoms with van der Waals surface area (Å²) in [6.45, 7) is 0.432. The standard InChI is InChI=1S/C28H30FN3O5S/c1-20(33)22-13-9-14-24(17-22)32(38(3,36)37)19-27(34)31(18-23-12-7-8-15-25(23)29)26(28(35)30-2)16-21-10-5-4-6-11-21/h4-15,17,26H,16,18-19H2,1-3H3,(H,30,35)/t26-/m0/s1. The van der Waals surface area contributed by atoms with Crippen LogP contribution in [0.25, 0.3) is 0 Å². The third kappa shape index (κ3) is 7.25. The van der Waals surface area contributed by atoms with Crippen molar-refractivity contribution >= 4 is 33.3 Å². The van der Waals surface area contributed by atoms with Gasteiger partial charge in [-0.3, -0.25) is 18.7 Å². The fourth-order valence-corrected chi connectivity index (χ4v) is 4.87. The Hall–Kier alpha value is -4.05. The zero-order valence-electron chi connectivity index (χ0n) is 21.4. The number of anilines is 1. The molecule has 0 fully saturated rings. The summed E-state index contributed by atoms with van der Waals surface area (Å²) in [6.07, 6.45) is 1.07. The second-order valence-corrected chi connectivity index (χ2v) is 10.7. The van der Waals surface area contributed by atoms with Crippen molar-refractivity contribution in [2.45, 2.75) is 25.9 Å². The highest BCUT2D eigenvalue weighted by Crippen LogP contribution is 2.22. The number of ketones is 1. The van der Waals surface area contributed by atoms with Crippen LogP contribution in [0.3, 0.4) is 0 Å². The Bertz CT molecular complexity index is 1410. The lowest BCUT2D eigenvalue weighted by Gasteiger charge is -2.33. The second kappa shape index (κ2) is 12.5. The normalized spacial score (nSPS) is 11.9. The first-order valence-electron chi connectivity index (χ1n) is 11.9. The smallest absolute Gasteiger partial charge is 0.244 e. The first-order chi connectivity index (χ1) is 18.0. The number of Topliss-reactive ketones (excluding diaryl/α,β-unsaturated/α-hetero) is 1. The second-order valence-electron chi connectivity index (χ2n) is 8.81. The van der Waals surface area contributed by atoms with Crippen LogP contribution in [0.2, 0.25) is 0 Å². The number of carbonyl (C=O) groups is 3. The Morgan fingerprint density at radius 3 is 2.21 bits per heavy atom. The van der Waals surface area contributed by atoms with Gasteiger partial charge in [0.2, 0.25) is 21.8 Å². The van der Waals surface area contributed by atoms with Crippen molar-refractivity contribution in [3.8, 4) is 0 Å². The van der Waals surface area contributed by atoms with Crippen LogP contribution in [0.1, 0.15) is 28.4 Å². The summed E-state index contributed by atoms with van der Waals surface area (Å²) >= 11 is 0. The Labute approximate surface area is 222 Å². The minimum absolute atomic E-state index is 0.124. The van der Waals surface area contributed by atoms with Crippen molar-refractivity contribution in [3.05, 3.63) is 101 Å². The third-order valence-electron chi connectivity index (χ3n) is 6.04. The summed E-state index contributed by atoms with van der Waals surface area (Å²) in [6, 6.07) is 19.8. The summed E-state index contributed by atoms with van der Waals surface area (Å²) in [5, 5.41) is 2.56. The average Bonchev–Trinajstić information content (AvgIpc) is 2.89. The number of rotatable bonds is 11. The number of nitrogens with one attached hydrogen (secondary N) is 1. The molecule has 0 bridgehead atoms. The van der Waals surface area contributed by atoms with Gasteiger partial charge in [-0.25, -0.2) is 12.8 Å². The van der Waals surface area contributed by atoms with E-state index in [2.05, 4.69) is 5.32 Å². The number of hydrogen-bond donors (Lipinski definition) is 1. The van der Waals surface area contributed by atoms with Gasteiger partial charge in [0.1, 0.15) is 18.4 Å². The number of amides is 2. The van der Waals surface area contributed by atoms with E-state index in [1.807, 2.05) is 6.07 Å². The molecule has 10 heteroatoms. The first kappa shape index (κ1) is 28.5. The van der Waals surface area contributed by atoms with Gasteiger partial charge in [0.05, 0.1) is 11.9 Å². The molecule has 3 aromatic carbocycles. The van der Waals surface area contributed by atoms with Gasteiger partial charge in [0.25, 0.3) is 0 Å². The summed E-state index contributed by atoms with van der Waals surface area (Å²) in [5.41, 5.74) is 1.34. The van der Waals surface area contributed by atoms with Gasteiger partial charge in [-0.1, -0.05) is 60.7 Å². The Morgan fingerprint density at radius 2 is 1.61 bits per heavy atom. The predicted octanol–water partition coefficient (Wildman–Crippen LogP) is 3.18. The molecule has 0 unspecified atom stereocenters. The maximum atomic E-state index is 14.6. The molecule has 0 aromatic heterocycles. The Kier molecular flexibility index (Phi) is 9.35. The molecule has 200 valence electrons. The van der Waals surface area contributed by atoms with E-state index in [4.69, 9.17) is 0 Å². The number of carbonyl (C=O) groups excluding carboxylic acids is 3. The highest BCUT2D eigenvalue weighted by molar-refractivity contribution is 7.92. The molecule has 2 amide bonds. The molecule has 0 aliphatic carbocycles. The third-order valence-corrected chi connectivity index (χ3v) is 7.18. The number of sulfonamides is 1. The molecule has 8 nitrogen and oxygen atoms in total. The van der Waals surface area contributed by atoms with Crippen LogP contribution in [0.5, 0.6) is 0 Å². The van der Waals surface area contributed by atoms with Crippen LogP contribution in [-0.2, 0) is 32.6 Å². The van der Waals surface area contributed by atoms with Crippen LogP contribution in [0.4, 0.5) is 10.1 Å². The van der Waals surface area contributed by atoms with Gasteiger partial charge in [0, 0.05) is 31.1 Å². The van der Waals surface area contributed by atoms with Gasteiger partial charge >= 0.3 is 0 Å². The summed E-state index contributed by atoms with van der Waals surface area (Å²) < 4.78 is 41.1. The molecular weight excluding hydrogens is 509 g/mol. The predicted molar refractivity (Wildman–Crippen MR) is 144 cm³/mol. The summed E-state index contributed by atoms with van der Waals surface area (Å²) in [7, 11) is -2.55. The van der Waals surface area contributed by atoms with Crippen molar-refractivity contribution in [2.75, 3.05) is 24.2 Å². The number of likely N-dealkylation sites (N-methyl/N-ethyl adjacent to an activating group) is 1. The van der Waals surface area contributed by atoms with Crippen LogP contribution in [-0.4, -0.2) is 56.8 Å². The van der Waals surface area contributed by atoms with Gasteiger partial charge in [0.15, 0.2) is 5.78 Å². The number of halogens is 1. The van der Waals surface area contributed by atoms with E-state index in [0.717, 1.165) is 16.1 Å². The molecule has 0 aliphatic heterocycles.